The highest BCUT2D eigenvalue weighted by atomic mass is 16.2. The normalized spacial score (nSPS) is 19.1. The number of hydrogen-bond donors (Lipinski definition) is 0. The van der Waals surface area contributed by atoms with Crippen LogP contribution in [0, 0.1) is 0 Å². The lowest BCUT2D eigenvalue weighted by Gasteiger charge is -2.40. The quantitative estimate of drug-likeness (QED) is 0.697. The molecule has 3 aromatic heterocycles. The van der Waals surface area contributed by atoms with E-state index in [4.69, 9.17) is 4.98 Å². The van der Waals surface area contributed by atoms with Crippen molar-refractivity contribution in [1.29, 1.82) is 0 Å². The summed E-state index contributed by atoms with van der Waals surface area (Å²) in [5, 5.41) is 0. The van der Waals surface area contributed by atoms with Crippen molar-refractivity contribution in [2.75, 3.05) is 16.8 Å². The summed E-state index contributed by atoms with van der Waals surface area (Å²) in [6, 6.07) is 4.03. The minimum atomic E-state index is -0.171. The number of hydrogen-bond acceptors (Lipinski definition) is 6. The van der Waals surface area contributed by atoms with Crippen molar-refractivity contribution in [3.8, 4) is 17.3 Å². The van der Waals surface area contributed by atoms with E-state index in [1.165, 1.54) is 0 Å². The Labute approximate surface area is 162 Å². The second kappa shape index (κ2) is 6.40. The Morgan fingerprint density at radius 1 is 1.14 bits per heavy atom. The van der Waals surface area contributed by atoms with Crippen LogP contribution in [-0.4, -0.2) is 49.5 Å². The zero-order valence-corrected chi connectivity index (χ0v) is 15.9. The molecule has 8 heteroatoms. The first kappa shape index (κ1) is 16.9. The molecule has 5 rings (SSSR count). The van der Waals surface area contributed by atoms with E-state index >= 15 is 0 Å². The highest BCUT2D eigenvalue weighted by Crippen LogP contribution is 2.41. The summed E-state index contributed by atoms with van der Waals surface area (Å²) in [7, 11) is 1.80. The first-order valence-electron chi connectivity index (χ1n) is 9.56. The SMILES string of the molecule is CC[C@@H]1C(=O)N(C)c2cnc(-n3ccnc3-c3ccncc3)nc2N1C1CC1. The van der Waals surface area contributed by atoms with Crippen LogP contribution in [0.4, 0.5) is 11.5 Å². The number of fused-ring (bicyclic) bond motifs is 1. The average molecular weight is 375 g/mol. The molecule has 0 N–H and O–H groups in total. The summed E-state index contributed by atoms with van der Waals surface area (Å²) in [4.78, 5) is 34.7. The van der Waals surface area contributed by atoms with Crippen molar-refractivity contribution in [1.82, 2.24) is 24.5 Å². The van der Waals surface area contributed by atoms with Crippen LogP contribution in [0.5, 0.6) is 0 Å². The van der Waals surface area contributed by atoms with Gasteiger partial charge >= 0.3 is 0 Å². The maximum Gasteiger partial charge on any atom is 0.249 e. The number of anilines is 2. The molecule has 3 aromatic rings. The highest BCUT2D eigenvalue weighted by molar-refractivity contribution is 6.04. The van der Waals surface area contributed by atoms with Gasteiger partial charge in [0.2, 0.25) is 11.9 Å². The fraction of sp³-hybridized carbons (Fsp3) is 0.350. The molecule has 8 nitrogen and oxygen atoms in total. The monoisotopic (exact) mass is 375 g/mol. The number of aromatic nitrogens is 5. The van der Waals surface area contributed by atoms with Gasteiger partial charge in [-0.05, 0) is 31.4 Å². The maximum atomic E-state index is 12.8. The number of rotatable bonds is 4. The minimum absolute atomic E-state index is 0.110. The van der Waals surface area contributed by atoms with Gasteiger partial charge in [0, 0.05) is 43.4 Å². The average Bonchev–Trinajstić information content (AvgIpc) is 3.45. The Hall–Kier alpha value is -3.29. The van der Waals surface area contributed by atoms with Crippen LogP contribution in [0.25, 0.3) is 17.3 Å². The van der Waals surface area contributed by atoms with Crippen molar-refractivity contribution in [2.24, 2.45) is 0 Å². The molecule has 1 saturated carbocycles. The van der Waals surface area contributed by atoms with Crippen LogP contribution in [0.15, 0.2) is 43.1 Å². The molecular weight excluding hydrogens is 354 g/mol. The summed E-state index contributed by atoms with van der Waals surface area (Å²) in [5.74, 6) is 2.24. The first-order valence-corrected chi connectivity index (χ1v) is 9.56. The molecular formula is C20H21N7O. The van der Waals surface area contributed by atoms with E-state index in [-0.39, 0.29) is 11.9 Å². The largest absolute Gasteiger partial charge is 0.340 e. The Bertz CT molecular complexity index is 1030. The van der Waals surface area contributed by atoms with Crippen molar-refractivity contribution >= 4 is 17.4 Å². The molecule has 142 valence electrons. The Morgan fingerprint density at radius 2 is 1.93 bits per heavy atom. The zero-order chi connectivity index (χ0) is 19.3. The smallest absolute Gasteiger partial charge is 0.249 e. The second-order valence-corrected chi connectivity index (χ2v) is 7.20. The van der Waals surface area contributed by atoms with Gasteiger partial charge in [0.25, 0.3) is 0 Å². The fourth-order valence-corrected chi connectivity index (χ4v) is 3.84. The maximum absolute atomic E-state index is 12.8. The van der Waals surface area contributed by atoms with Gasteiger partial charge < -0.3 is 9.80 Å². The van der Waals surface area contributed by atoms with E-state index in [1.54, 1.807) is 36.7 Å². The van der Waals surface area contributed by atoms with Crippen LogP contribution in [0.1, 0.15) is 26.2 Å². The molecule has 0 radical (unpaired) electrons. The number of pyridine rings is 1. The van der Waals surface area contributed by atoms with E-state index in [0.717, 1.165) is 42.2 Å². The predicted molar refractivity (Wildman–Crippen MR) is 105 cm³/mol. The number of carbonyl (C=O) groups is 1. The van der Waals surface area contributed by atoms with Crippen molar-refractivity contribution in [3.63, 3.8) is 0 Å². The van der Waals surface area contributed by atoms with Crippen LogP contribution in [0.2, 0.25) is 0 Å². The molecule has 2 aliphatic rings. The molecule has 0 unspecified atom stereocenters. The molecule has 0 aromatic carbocycles. The molecule has 1 aliphatic carbocycles. The molecule has 0 saturated heterocycles. The second-order valence-electron chi connectivity index (χ2n) is 7.20. The van der Waals surface area contributed by atoms with Crippen LogP contribution in [-0.2, 0) is 4.79 Å². The molecule has 0 spiro atoms. The number of nitrogens with zero attached hydrogens (tertiary/aromatic N) is 7. The predicted octanol–water partition coefficient (Wildman–Crippen LogP) is 2.45. The lowest BCUT2D eigenvalue weighted by molar-refractivity contribution is -0.120. The van der Waals surface area contributed by atoms with Crippen LogP contribution >= 0.6 is 0 Å². The first-order chi connectivity index (χ1) is 13.7. The zero-order valence-electron chi connectivity index (χ0n) is 15.9. The van der Waals surface area contributed by atoms with Gasteiger partial charge in [-0.15, -0.1) is 0 Å². The lowest BCUT2D eigenvalue weighted by Crippen LogP contribution is -2.53. The van der Waals surface area contributed by atoms with Crippen molar-refractivity contribution < 1.29 is 4.79 Å². The van der Waals surface area contributed by atoms with E-state index in [1.807, 2.05) is 22.9 Å². The summed E-state index contributed by atoms with van der Waals surface area (Å²) < 4.78 is 1.87. The summed E-state index contributed by atoms with van der Waals surface area (Å²) in [6.45, 7) is 2.05. The molecule has 1 aliphatic heterocycles. The number of carbonyl (C=O) groups excluding carboxylic acids is 1. The van der Waals surface area contributed by atoms with Crippen molar-refractivity contribution in [3.05, 3.63) is 43.1 Å². The Balaban J connectivity index is 1.63. The number of amides is 1. The molecule has 1 atom stereocenters. The minimum Gasteiger partial charge on any atom is -0.340 e. The third-order valence-corrected chi connectivity index (χ3v) is 5.42. The number of imidazole rings is 1. The third kappa shape index (κ3) is 2.56. The summed E-state index contributed by atoms with van der Waals surface area (Å²) >= 11 is 0. The van der Waals surface area contributed by atoms with Gasteiger partial charge in [-0.3, -0.25) is 14.3 Å². The van der Waals surface area contributed by atoms with Crippen LogP contribution < -0.4 is 9.80 Å². The van der Waals surface area contributed by atoms with Gasteiger partial charge in [0.1, 0.15) is 17.6 Å². The van der Waals surface area contributed by atoms with Gasteiger partial charge in [0.15, 0.2) is 5.82 Å². The molecule has 1 amide bonds. The van der Waals surface area contributed by atoms with Gasteiger partial charge in [0.05, 0.1) is 6.20 Å². The topological polar surface area (TPSA) is 80.0 Å². The van der Waals surface area contributed by atoms with E-state index in [9.17, 15) is 4.79 Å². The van der Waals surface area contributed by atoms with Gasteiger partial charge in [-0.1, -0.05) is 6.92 Å². The van der Waals surface area contributed by atoms with Crippen molar-refractivity contribution in [2.45, 2.75) is 38.3 Å². The van der Waals surface area contributed by atoms with E-state index in [2.05, 4.69) is 26.8 Å². The fourth-order valence-electron chi connectivity index (χ4n) is 3.84. The highest BCUT2D eigenvalue weighted by Gasteiger charge is 2.44. The third-order valence-electron chi connectivity index (χ3n) is 5.42. The standard InChI is InChI=1S/C20H21N7O/c1-3-15-19(28)25(2)16-12-23-20(24-18(16)27(15)14-4-5-14)26-11-10-22-17(26)13-6-8-21-9-7-13/h6-12,14-15H,3-5H2,1-2H3/t15-/m1/s1. The Morgan fingerprint density at radius 3 is 2.64 bits per heavy atom. The van der Waals surface area contributed by atoms with E-state index < -0.39 is 0 Å². The molecule has 28 heavy (non-hydrogen) atoms. The Kier molecular flexibility index (Phi) is 3.85. The molecule has 4 heterocycles. The van der Waals surface area contributed by atoms with Gasteiger partial charge in [-0.2, -0.15) is 4.98 Å². The number of likely N-dealkylation sites (N-methyl/N-ethyl adjacent to an activating group) is 1. The van der Waals surface area contributed by atoms with E-state index in [0.29, 0.717) is 12.0 Å². The molecule has 1 fully saturated rings. The van der Waals surface area contributed by atoms with Crippen LogP contribution in [0.3, 0.4) is 0 Å². The molecule has 0 bridgehead atoms. The van der Waals surface area contributed by atoms with Gasteiger partial charge in [-0.25, -0.2) is 9.97 Å². The summed E-state index contributed by atoms with van der Waals surface area (Å²) in [6.07, 6.45) is 11.8. The lowest BCUT2D eigenvalue weighted by atomic mass is 10.1. The summed E-state index contributed by atoms with van der Waals surface area (Å²) in [5.41, 5.74) is 1.70.